The van der Waals surface area contributed by atoms with Gasteiger partial charge in [-0.2, -0.15) is 10.2 Å². The predicted molar refractivity (Wildman–Crippen MR) is 68.9 cm³/mol. The van der Waals surface area contributed by atoms with Crippen molar-refractivity contribution in [2.45, 2.75) is 19.9 Å². The summed E-state index contributed by atoms with van der Waals surface area (Å²) in [4.78, 5) is 16.4. The maximum atomic E-state index is 12.3. The van der Waals surface area contributed by atoms with Crippen LogP contribution in [0.25, 0.3) is 5.52 Å². The topological polar surface area (TPSA) is 65.1 Å². The van der Waals surface area contributed by atoms with Crippen LogP contribution >= 0.6 is 0 Å². The van der Waals surface area contributed by atoms with Gasteiger partial charge in [0.05, 0.1) is 23.7 Å². The number of carbonyl (C=O) groups is 1. The number of carbonyl (C=O) groups excluding carboxylic acids is 1. The van der Waals surface area contributed by atoms with Gasteiger partial charge < -0.3 is 0 Å². The van der Waals surface area contributed by atoms with Gasteiger partial charge in [-0.25, -0.2) is 14.2 Å². The fourth-order valence-electron chi connectivity index (χ4n) is 2.08. The van der Waals surface area contributed by atoms with Crippen LogP contribution in [0.5, 0.6) is 0 Å². The molecule has 3 rings (SSSR count). The molecular formula is C13H13N5O. The molecule has 0 saturated carbocycles. The van der Waals surface area contributed by atoms with Gasteiger partial charge in [0.25, 0.3) is 0 Å². The summed E-state index contributed by atoms with van der Waals surface area (Å²) >= 11 is 0. The summed E-state index contributed by atoms with van der Waals surface area (Å²) in [6.07, 6.45) is 5.14. The van der Waals surface area contributed by atoms with Crippen molar-refractivity contribution >= 4 is 11.3 Å². The number of hydrogen-bond acceptors (Lipinski definition) is 4. The zero-order valence-corrected chi connectivity index (χ0v) is 10.5. The Hall–Kier alpha value is -2.50. The Morgan fingerprint density at radius 1 is 1.32 bits per heavy atom. The van der Waals surface area contributed by atoms with Crippen molar-refractivity contribution in [1.82, 2.24) is 24.4 Å². The van der Waals surface area contributed by atoms with Gasteiger partial charge in [0, 0.05) is 12.7 Å². The highest BCUT2D eigenvalue weighted by molar-refractivity contribution is 6.02. The van der Waals surface area contributed by atoms with Crippen molar-refractivity contribution in [2.24, 2.45) is 0 Å². The Morgan fingerprint density at radius 3 is 3.05 bits per heavy atom. The number of hydrogen-bond donors (Lipinski definition) is 0. The molecule has 6 heteroatoms. The molecule has 0 bridgehead atoms. The number of aromatic nitrogens is 5. The first-order chi connectivity index (χ1) is 9.29. The van der Waals surface area contributed by atoms with E-state index in [0.29, 0.717) is 17.9 Å². The van der Waals surface area contributed by atoms with E-state index in [1.807, 2.05) is 31.3 Å². The molecule has 0 unspecified atom stereocenters. The van der Waals surface area contributed by atoms with Crippen LogP contribution in [0, 0.1) is 0 Å². The molecule has 3 aromatic heterocycles. The molecular weight excluding hydrogens is 242 g/mol. The molecule has 0 saturated heterocycles. The first-order valence-electron chi connectivity index (χ1n) is 6.12. The SMILES string of the molecule is CCn1ncnc1CC(=O)c1cnn2ccccc12. The largest absolute Gasteiger partial charge is 0.294 e. The quantitative estimate of drug-likeness (QED) is 0.660. The maximum absolute atomic E-state index is 12.3. The van der Waals surface area contributed by atoms with Crippen LogP contribution in [-0.2, 0) is 13.0 Å². The molecule has 0 N–H and O–H groups in total. The van der Waals surface area contributed by atoms with Gasteiger partial charge in [-0.1, -0.05) is 6.07 Å². The number of ketones is 1. The van der Waals surface area contributed by atoms with Gasteiger partial charge in [0.1, 0.15) is 12.2 Å². The smallest absolute Gasteiger partial charge is 0.174 e. The zero-order valence-electron chi connectivity index (χ0n) is 10.5. The lowest BCUT2D eigenvalue weighted by atomic mass is 10.1. The molecule has 0 fully saturated rings. The number of rotatable bonds is 4. The average Bonchev–Trinajstić information content (AvgIpc) is 3.04. The van der Waals surface area contributed by atoms with Crippen LogP contribution in [0.4, 0.5) is 0 Å². The molecule has 19 heavy (non-hydrogen) atoms. The minimum Gasteiger partial charge on any atom is -0.294 e. The number of pyridine rings is 1. The summed E-state index contributed by atoms with van der Waals surface area (Å²) in [5, 5.41) is 8.23. The number of fused-ring (bicyclic) bond motifs is 1. The van der Waals surface area contributed by atoms with E-state index in [0.717, 1.165) is 5.52 Å². The Morgan fingerprint density at radius 2 is 2.21 bits per heavy atom. The summed E-state index contributed by atoms with van der Waals surface area (Å²) in [6.45, 7) is 2.68. The van der Waals surface area contributed by atoms with Crippen molar-refractivity contribution in [2.75, 3.05) is 0 Å². The Balaban J connectivity index is 1.92. The van der Waals surface area contributed by atoms with Gasteiger partial charge in [0.2, 0.25) is 0 Å². The second-order valence-electron chi connectivity index (χ2n) is 4.18. The molecule has 0 radical (unpaired) electrons. The number of Topliss-reactive ketones (excluding diaryl/α,β-unsaturated/α-hetero) is 1. The monoisotopic (exact) mass is 255 g/mol. The van der Waals surface area contributed by atoms with E-state index in [1.54, 1.807) is 15.4 Å². The summed E-state index contributed by atoms with van der Waals surface area (Å²) < 4.78 is 3.42. The van der Waals surface area contributed by atoms with E-state index in [-0.39, 0.29) is 12.2 Å². The molecule has 6 nitrogen and oxygen atoms in total. The highest BCUT2D eigenvalue weighted by atomic mass is 16.1. The van der Waals surface area contributed by atoms with E-state index in [4.69, 9.17) is 0 Å². The molecule has 3 aromatic rings. The zero-order chi connectivity index (χ0) is 13.2. The van der Waals surface area contributed by atoms with Crippen LogP contribution in [0.2, 0.25) is 0 Å². The van der Waals surface area contributed by atoms with Crippen molar-refractivity contribution < 1.29 is 4.79 Å². The molecule has 3 heterocycles. The van der Waals surface area contributed by atoms with E-state index < -0.39 is 0 Å². The highest BCUT2D eigenvalue weighted by Gasteiger charge is 2.15. The van der Waals surface area contributed by atoms with E-state index in [9.17, 15) is 4.79 Å². The first kappa shape index (κ1) is 11.6. The van der Waals surface area contributed by atoms with E-state index in [1.165, 1.54) is 6.33 Å². The van der Waals surface area contributed by atoms with Crippen molar-refractivity contribution in [1.29, 1.82) is 0 Å². The third-order valence-corrected chi connectivity index (χ3v) is 3.04. The van der Waals surface area contributed by atoms with Crippen molar-refractivity contribution in [3.63, 3.8) is 0 Å². The molecule has 0 amide bonds. The molecule has 0 aliphatic carbocycles. The standard InChI is InChI=1S/C13H13N5O/c1-2-17-13(14-9-16-17)7-12(19)10-8-15-18-6-4-3-5-11(10)18/h3-6,8-9H,2,7H2,1H3. The van der Waals surface area contributed by atoms with E-state index >= 15 is 0 Å². The highest BCUT2D eigenvalue weighted by Crippen LogP contribution is 2.12. The Bertz CT molecular complexity index is 727. The fraction of sp³-hybridized carbons (Fsp3) is 0.231. The lowest BCUT2D eigenvalue weighted by molar-refractivity contribution is 0.0991. The summed E-state index contributed by atoms with van der Waals surface area (Å²) in [6, 6.07) is 5.65. The summed E-state index contributed by atoms with van der Waals surface area (Å²) in [7, 11) is 0. The van der Waals surface area contributed by atoms with Gasteiger partial charge in [-0.3, -0.25) is 4.79 Å². The molecule has 96 valence electrons. The van der Waals surface area contributed by atoms with Crippen LogP contribution < -0.4 is 0 Å². The van der Waals surface area contributed by atoms with Crippen molar-refractivity contribution in [3.8, 4) is 0 Å². The lowest BCUT2D eigenvalue weighted by Gasteiger charge is -2.01. The van der Waals surface area contributed by atoms with Gasteiger partial charge >= 0.3 is 0 Å². The third kappa shape index (κ3) is 2.01. The minimum atomic E-state index is 0.00361. The second kappa shape index (κ2) is 4.64. The van der Waals surface area contributed by atoms with Crippen LogP contribution in [-0.4, -0.2) is 30.2 Å². The Labute approximate surface area is 109 Å². The van der Waals surface area contributed by atoms with Crippen molar-refractivity contribution in [3.05, 3.63) is 48.3 Å². The van der Waals surface area contributed by atoms with E-state index in [2.05, 4.69) is 15.2 Å². The van der Waals surface area contributed by atoms with Gasteiger partial charge in [0.15, 0.2) is 5.78 Å². The Kier molecular flexibility index (Phi) is 2.83. The number of aryl methyl sites for hydroxylation is 1. The summed E-state index contributed by atoms with van der Waals surface area (Å²) in [5.41, 5.74) is 1.43. The molecule has 0 atom stereocenters. The normalized spacial score (nSPS) is 11.0. The van der Waals surface area contributed by atoms with Crippen LogP contribution in [0.3, 0.4) is 0 Å². The predicted octanol–water partition coefficient (Wildman–Crippen LogP) is 1.37. The minimum absolute atomic E-state index is 0.00361. The van der Waals surface area contributed by atoms with Gasteiger partial charge in [-0.05, 0) is 19.1 Å². The molecule has 0 aliphatic rings. The molecule has 0 spiro atoms. The maximum Gasteiger partial charge on any atom is 0.174 e. The second-order valence-corrected chi connectivity index (χ2v) is 4.18. The third-order valence-electron chi connectivity index (χ3n) is 3.04. The first-order valence-corrected chi connectivity index (χ1v) is 6.12. The number of nitrogens with zero attached hydrogens (tertiary/aromatic N) is 5. The fourth-order valence-corrected chi connectivity index (χ4v) is 2.08. The van der Waals surface area contributed by atoms with Gasteiger partial charge in [-0.15, -0.1) is 0 Å². The van der Waals surface area contributed by atoms with Crippen LogP contribution in [0.1, 0.15) is 23.1 Å². The molecule has 0 aliphatic heterocycles. The average molecular weight is 255 g/mol. The lowest BCUT2D eigenvalue weighted by Crippen LogP contribution is -2.10. The summed E-state index contributed by atoms with van der Waals surface area (Å²) in [5.74, 6) is 0.687. The van der Waals surface area contributed by atoms with Crippen LogP contribution in [0.15, 0.2) is 36.9 Å². The molecule has 0 aromatic carbocycles.